The first-order chi connectivity index (χ1) is 9.07. The molecule has 0 atom stereocenters. The number of nitrogens with two attached hydrogens (primary N) is 1. The van der Waals surface area contributed by atoms with Crippen LogP contribution in [0.5, 0.6) is 0 Å². The van der Waals surface area contributed by atoms with Gasteiger partial charge in [0, 0.05) is 18.5 Å². The molecule has 1 aromatic rings. The van der Waals surface area contributed by atoms with Gasteiger partial charge in [0.15, 0.2) is 0 Å². The third kappa shape index (κ3) is 2.93. The number of nitrogens with one attached hydrogen (secondary N) is 1. The van der Waals surface area contributed by atoms with Crippen molar-refractivity contribution in [2.75, 3.05) is 6.54 Å². The molecule has 1 fully saturated rings. The summed E-state index contributed by atoms with van der Waals surface area (Å²) in [6.45, 7) is 0.466. The second kappa shape index (κ2) is 5.66. The zero-order chi connectivity index (χ0) is 13.9. The lowest BCUT2D eigenvalue weighted by Gasteiger charge is -2.23. The van der Waals surface area contributed by atoms with Gasteiger partial charge in [-0.05, 0) is 12.8 Å². The third-order valence-corrected chi connectivity index (χ3v) is 4.43. The second-order valence-corrected chi connectivity index (χ2v) is 5.75. The Morgan fingerprint density at radius 1 is 1.47 bits per heavy atom. The summed E-state index contributed by atoms with van der Waals surface area (Å²) in [5, 5.41) is 14.3. The van der Waals surface area contributed by atoms with Crippen molar-refractivity contribution in [3.8, 4) is 0 Å². The average Bonchev–Trinajstić information content (AvgIpc) is 3.05. The molecule has 0 aromatic carbocycles. The van der Waals surface area contributed by atoms with Gasteiger partial charge in [-0.3, -0.25) is 9.59 Å². The summed E-state index contributed by atoms with van der Waals surface area (Å²) in [7, 11) is 0. The Balaban J connectivity index is 1.97. The third-order valence-electron chi connectivity index (χ3n) is 3.56. The van der Waals surface area contributed by atoms with Crippen LogP contribution < -0.4 is 11.1 Å². The topological polar surface area (TPSA) is 105 Å². The van der Waals surface area contributed by atoms with Crippen LogP contribution in [0.15, 0.2) is 5.38 Å². The van der Waals surface area contributed by atoms with Crippen LogP contribution >= 0.6 is 11.3 Å². The Kier molecular flexibility index (Phi) is 4.16. The Labute approximate surface area is 115 Å². The molecule has 2 rings (SSSR count). The van der Waals surface area contributed by atoms with Crippen molar-refractivity contribution in [1.82, 2.24) is 10.3 Å². The number of hydrogen-bond acceptors (Lipinski definition) is 5. The van der Waals surface area contributed by atoms with Crippen LogP contribution in [0.1, 0.15) is 41.2 Å². The van der Waals surface area contributed by atoms with Crippen molar-refractivity contribution in [2.24, 2.45) is 11.1 Å². The minimum Gasteiger partial charge on any atom is -0.481 e. The molecule has 0 unspecified atom stereocenters. The molecule has 4 N–H and O–H groups in total. The predicted molar refractivity (Wildman–Crippen MR) is 70.9 cm³/mol. The molecule has 1 aliphatic carbocycles. The number of hydrogen-bond donors (Lipinski definition) is 3. The van der Waals surface area contributed by atoms with Crippen molar-refractivity contribution in [2.45, 2.75) is 32.2 Å². The van der Waals surface area contributed by atoms with Crippen LogP contribution in [0, 0.1) is 5.41 Å². The second-order valence-electron chi connectivity index (χ2n) is 4.81. The van der Waals surface area contributed by atoms with Crippen LogP contribution in [0.3, 0.4) is 0 Å². The Morgan fingerprint density at radius 3 is 2.68 bits per heavy atom. The number of aliphatic carboxylic acids is 1. The van der Waals surface area contributed by atoms with Crippen LogP contribution in [0.2, 0.25) is 0 Å². The van der Waals surface area contributed by atoms with Crippen LogP contribution in [-0.2, 0) is 11.3 Å². The number of thiazole rings is 1. The summed E-state index contributed by atoms with van der Waals surface area (Å²) < 4.78 is 0. The monoisotopic (exact) mass is 283 g/mol. The number of amides is 1. The van der Waals surface area contributed by atoms with Gasteiger partial charge in [0.1, 0.15) is 10.7 Å². The highest BCUT2D eigenvalue weighted by atomic mass is 32.1. The van der Waals surface area contributed by atoms with E-state index in [0.717, 1.165) is 12.8 Å². The quantitative estimate of drug-likeness (QED) is 0.747. The predicted octanol–water partition coefficient (Wildman–Crippen LogP) is 0.977. The first-order valence-corrected chi connectivity index (χ1v) is 7.11. The number of carbonyl (C=O) groups is 2. The van der Waals surface area contributed by atoms with Gasteiger partial charge >= 0.3 is 5.97 Å². The maximum atomic E-state index is 11.9. The Morgan fingerprint density at radius 2 is 2.16 bits per heavy atom. The number of aromatic nitrogens is 1. The van der Waals surface area contributed by atoms with E-state index in [-0.39, 0.29) is 12.5 Å². The number of nitrogens with zero attached hydrogens (tertiary/aromatic N) is 1. The molecule has 7 heteroatoms. The fourth-order valence-electron chi connectivity index (χ4n) is 2.37. The molecule has 1 aromatic heterocycles. The lowest BCUT2D eigenvalue weighted by molar-refractivity contribution is -0.148. The van der Waals surface area contributed by atoms with E-state index in [1.807, 2.05) is 0 Å². The lowest BCUT2D eigenvalue weighted by Crippen LogP contribution is -2.41. The highest BCUT2D eigenvalue weighted by molar-refractivity contribution is 7.09. The molecule has 1 saturated carbocycles. The number of rotatable bonds is 5. The van der Waals surface area contributed by atoms with Crippen LogP contribution in [-0.4, -0.2) is 28.5 Å². The molecular weight excluding hydrogens is 266 g/mol. The van der Waals surface area contributed by atoms with E-state index < -0.39 is 11.4 Å². The zero-order valence-electron chi connectivity index (χ0n) is 10.5. The smallest absolute Gasteiger partial charge is 0.311 e. The molecule has 1 heterocycles. The zero-order valence-corrected chi connectivity index (χ0v) is 11.3. The molecule has 0 bridgehead atoms. The highest BCUT2D eigenvalue weighted by Gasteiger charge is 2.41. The van der Waals surface area contributed by atoms with E-state index >= 15 is 0 Å². The van der Waals surface area contributed by atoms with Gasteiger partial charge in [-0.1, -0.05) is 12.8 Å². The van der Waals surface area contributed by atoms with Gasteiger partial charge in [0.25, 0.3) is 5.91 Å². The number of carbonyl (C=O) groups excluding carboxylic acids is 1. The standard InChI is InChI=1S/C12H17N3O3S/c13-5-9-15-8(6-19-9)10(16)14-7-12(11(17)18)3-1-2-4-12/h6H,1-5,7,13H2,(H,14,16)(H,17,18). The molecule has 0 radical (unpaired) electrons. The highest BCUT2D eigenvalue weighted by Crippen LogP contribution is 2.37. The molecule has 6 nitrogen and oxygen atoms in total. The van der Waals surface area contributed by atoms with Crippen molar-refractivity contribution >= 4 is 23.2 Å². The summed E-state index contributed by atoms with van der Waals surface area (Å²) in [4.78, 5) is 27.3. The Bertz CT molecular complexity index is 480. The first kappa shape index (κ1) is 14.0. The van der Waals surface area contributed by atoms with Crippen molar-refractivity contribution in [3.05, 3.63) is 16.1 Å². The summed E-state index contributed by atoms with van der Waals surface area (Å²) in [5.41, 5.74) is 4.94. The summed E-state index contributed by atoms with van der Waals surface area (Å²) in [6, 6.07) is 0. The minimum absolute atomic E-state index is 0.163. The first-order valence-electron chi connectivity index (χ1n) is 6.23. The van der Waals surface area contributed by atoms with Gasteiger partial charge in [0.05, 0.1) is 5.41 Å². The number of carboxylic acids is 1. The van der Waals surface area contributed by atoms with E-state index in [1.54, 1.807) is 5.38 Å². The molecule has 0 spiro atoms. The molecule has 1 amide bonds. The van der Waals surface area contributed by atoms with E-state index in [1.165, 1.54) is 11.3 Å². The largest absolute Gasteiger partial charge is 0.481 e. The van der Waals surface area contributed by atoms with Gasteiger partial charge < -0.3 is 16.2 Å². The average molecular weight is 283 g/mol. The molecular formula is C12H17N3O3S. The van der Waals surface area contributed by atoms with E-state index in [0.29, 0.717) is 30.1 Å². The van der Waals surface area contributed by atoms with Crippen LogP contribution in [0.4, 0.5) is 0 Å². The van der Waals surface area contributed by atoms with E-state index in [2.05, 4.69) is 10.3 Å². The van der Waals surface area contributed by atoms with E-state index in [9.17, 15) is 14.7 Å². The van der Waals surface area contributed by atoms with Crippen molar-refractivity contribution in [3.63, 3.8) is 0 Å². The minimum atomic E-state index is -0.828. The summed E-state index contributed by atoms with van der Waals surface area (Å²) >= 11 is 1.33. The van der Waals surface area contributed by atoms with Gasteiger partial charge in [-0.15, -0.1) is 11.3 Å². The fraction of sp³-hybridized carbons (Fsp3) is 0.583. The molecule has 1 aliphatic rings. The molecule has 19 heavy (non-hydrogen) atoms. The SMILES string of the molecule is NCc1nc(C(=O)NCC2(C(=O)O)CCCC2)cs1. The van der Waals surface area contributed by atoms with Gasteiger partial charge in [-0.25, -0.2) is 4.98 Å². The maximum Gasteiger partial charge on any atom is 0.311 e. The van der Waals surface area contributed by atoms with E-state index in [4.69, 9.17) is 5.73 Å². The van der Waals surface area contributed by atoms with Crippen molar-refractivity contribution in [1.29, 1.82) is 0 Å². The summed E-state index contributed by atoms with van der Waals surface area (Å²) in [6.07, 6.45) is 3.04. The van der Waals surface area contributed by atoms with Gasteiger partial charge in [-0.2, -0.15) is 0 Å². The molecule has 104 valence electrons. The Hall–Kier alpha value is -1.47. The fourth-order valence-corrected chi connectivity index (χ4v) is 3.02. The van der Waals surface area contributed by atoms with Gasteiger partial charge in [0.2, 0.25) is 0 Å². The molecule has 0 aliphatic heterocycles. The van der Waals surface area contributed by atoms with Crippen LogP contribution in [0.25, 0.3) is 0 Å². The lowest BCUT2D eigenvalue weighted by atomic mass is 9.86. The number of carboxylic acid groups (broad SMARTS) is 1. The maximum absolute atomic E-state index is 11.9. The normalized spacial score (nSPS) is 17.3. The van der Waals surface area contributed by atoms with Crippen molar-refractivity contribution < 1.29 is 14.7 Å². The summed E-state index contributed by atoms with van der Waals surface area (Å²) in [5.74, 6) is -1.16. The molecule has 0 saturated heterocycles.